The molecule has 1 aliphatic heterocycles. The first-order valence-corrected chi connectivity index (χ1v) is 9.29. The predicted octanol–water partition coefficient (Wildman–Crippen LogP) is 4.76. The molecule has 5 nitrogen and oxygen atoms in total. The van der Waals surface area contributed by atoms with E-state index in [0.717, 1.165) is 0 Å². The molecule has 0 aliphatic carbocycles. The van der Waals surface area contributed by atoms with Crippen molar-refractivity contribution in [2.75, 3.05) is 18.6 Å². The van der Waals surface area contributed by atoms with Gasteiger partial charge in [-0.05, 0) is 56.3 Å². The largest absolute Gasteiger partial charge is 0.497 e. The molecule has 0 saturated heterocycles. The van der Waals surface area contributed by atoms with Crippen molar-refractivity contribution in [1.82, 2.24) is 0 Å². The van der Waals surface area contributed by atoms with Gasteiger partial charge in [-0.1, -0.05) is 17.7 Å². The number of amides is 1. The first-order valence-electron chi connectivity index (χ1n) is 8.91. The van der Waals surface area contributed by atoms with Crippen LogP contribution in [0.3, 0.4) is 0 Å². The molecular formula is C22H19ClFNO4. The van der Waals surface area contributed by atoms with Crippen molar-refractivity contribution in [3.05, 3.63) is 75.7 Å². The van der Waals surface area contributed by atoms with Crippen LogP contribution in [0.15, 0.2) is 59.3 Å². The maximum Gasteiger partial charge on any atom is 0.340 e. The van der Waals surface area contributed by atoms with Crippen molar-refractivity contribution in [2.24, 2.45) is 0 Å². The molecule has 0 atom stereocenters. The standard InChI is InChI=1S/C22H19ClFNO4/c1-4-29-22(27)20-13(2)25(14-8-10-15(28-3)11-9-14)21(26)17(20)12-16-18(23)6-5-7-19(16)24/h5-12H,4H2,1-3H3/b17-12-. The van der Waals surface area contributed by atoms with Gasteiger partial charge >= 0.3 is 5.97 Å². The van der Waals surface area contributed by atoms with Crippen LogP contribution in [0.1, 0.15) is 19.4 Å². The minimum atomic E-state index is -0.659. The number of methoxy groups -OCH3 is 1. The number of anilines is 1. The number of carbonyl (C=O) groups excluding carboxylic acids is 2. The minimum absolute atomic E-state index is 0.0174. The summed E-state index contributed by atoms with van der Waals surface area (Å²) < 4.78 is 24.6. The summed E-state index contributed by atoms with van der Waals surface area (Å²) >= 11 is 6.11. The van der Waals surface area contributed by atoms with Crippen LogP contribution in [0.2, 0.25) is 5.02 Å². The zero-order valence-corrected chi connectivity index (χ0v) is 16.9. The van der Waals surface area contributed by atoms with Crippen molar-refractivity contribution in [2.45, 2.75) is 13.8 Å². The first-order chi connectivity index (χ1) is 13.9. The molecule has 1 aliphatic rings. The quantitative estimate of drug-likeness (QED) is 0.522. The summed E-state index contributed by atoms with van der Waals surface area (Å²) in [7, 11) is 1.54. The summed E-state index contributed by atoms with van der Waals surface area (Å²) in [6, 6.07) is 11.0. The summed E-state index contributed by atoms with van der Waals surface area (Å²) in [6.07, 6.45) is 1.29. The van der Waals surface area contributed by atoms with Crippen LogP contribution >= 0.6 is 11.6 Å². The lowest BCUT2D eigenvalue weighted by atomic mass is 10.0. The fourth-order valence-corrected chi connectivity index (χ4v) is 3.33. The second-order valence-electron chi connectivity index (χ2n) is 6.21. The number of rotatable bonds is 5. The number of halogens is 2. The lowest BCUT2D eigenvalue weighted by Crippen LogP contribution is -2.24. The highest BCUT2D eigenvalue weighted by Crippen LogP contribution is 2.37. The Balaban J connectivity index is 2.16. The van der Waals surface area contributed by atoms with Crippen molar-refractivity contribution in [3.63, 3.8) is 0 Å². The highest BCUT2D eigenvalue weighted by atomic mass is 35.5. The average molecular weight is 416 g/mol. The van der Waals surface area contributed by atoms with Crippen LogP contribution in [0.25, 0.3) is 6.08 Å². The van der Waals surface area contributed by atoms with Crippen LogP contribution in [0.5, 0.6) is 5.75 Å². The van der Waals surface area contributed by atoms with E-state index in [2.05, 4.69) is 0 Å². The number of nitrogens with zero attached hydrogens (tertiary/aromatic N) is 1. The van der Waals surface area contributed by atoms with Crippen molar-refractivity contribution in [1.29, 1.82) is 0 Å². The number of esters is 1. The molecule has 1 amide bonds. The van der Waals surface area contributed by atoms with Gasteiger partial charge in [0, 0.05) is 16.9 Å². The van der Waals surface area contributed by atoms with E-state index in [4.69, 9.17) is 21.1 Å². The van der Waals surface area contributed by atoms with Gasteiger partial charge in [-0.25, -0.2) is 9.18 Å². The van der Waals surface area contributed by atoms with Gasteiger partial charge in [0.25, 0.3) is 5.91 Å². The van der Waals surface area contributed by atoms with Gasteiger partial charge in [-0.2, -0.15) is 0 Å². The Bertz CT molecular complexity index is 1010. The first kappa shape index (κ1) is 20.6. The fraction of sp³-hybridized carbons (Fsp3) is 0.182. The molecule has 29 heavy (non-hydrogen) atoms. The number of allylic oxidation sites excluding steroid dienone is 1. The highest BCUT2D eigenvalue weighted by molar-refractivity contribution is 6.32. The van der Waals surface area contributed by atoms with Gasteiger partial charge in [0.15, 0.2) is 0 Å². The second-order valence-corrected chi connectivity index (χ2v) is 6.62. The van der Waals surface area contributed by atoms with Gasteiger partial charge in [0.1, 0.15) is 11.6 Å². The Hall–Kier alpha value is -3.12. The molecule has 3 rings (SSSR count). The number of ether oxygens (including phenoxy) is 2. The van der Waals surface area contributed by atoms with E-state index in [1.807, 2.05) is 0 Å². The van der Waals surface area contributed by atoms with Gasteiger partial charge in [-0.15, -0.1) is 0 Å². The molecule has 7 heteroatoms. The molecule has 0 aromatic heterocycles. The molecule has 2 aromatic rings. The summed E-state index contributed by atoms with van der Waals surface area (Å²) in [5, 5.41) is 0.133. The smallest absolute Gasteiger partial charge is 0.340 e. The van der Waals surface area contributed by atoms with Crippen LogP contribution in [-0.2, 0) is 14.3 Å². The molecular weight excluding hydrogens is 397 g/mol. The van der Waals surface area contributed by atoms with E-state index < -0.39 is 17.7 Å². The fourth-order valence-electron chi connectivity index (χ4n) is 3.12. The van der Waals surface area contributed by atoms with E-state index in [1.165, 1.54) is 29.2 Å². The third-order valence-electron chi connectivity index (χ3n) is 4.50. The van der Waals surface area contributed by atoms with Gasteiger partial charge < -0.3 is 9.47 Å². The average Bonchev–Trinajstić information content (AvgIpc) is 2.95. The highest BCUT2D eigenvalue weighted by Gasteiger charge is 2.38. The van der Waals surface area contributed by atoms with Crippen LogP contribution in [0, 0.1) is 5.82 Å². The molecule has 0 saturated carbocycles. The monoisotopic (exact) mass is 415 g/mol. The normalized spacial score (nSPS) is 15.3. The number of carbonyl (C=O) groups is 2. The summed E-state index contributed by atoms with van der Waals surface area (Å²) in [4.78, 5) is 27.2. The zero-order valence-electron chi connectivity index (χ0n) is 16.2. The van der Waals surface area contributed by atoms with Gasteiger partial charge in [-0.3, -0.25) is 9.69 Å². The van der Waals surface area contributed by atoms with Crippen LogP contribution in [0.4, 0.5) is 10.1 Å². The summed E-state index contributed by atoms with van der Waals surface area (Å²) in [5.74, 6) is -1.11. The van der Waals surface area contributed by atoms with Crippen molar-refractivity contribution >= 4 is 35.2 Å². The second kappa shape index (κ2) is 8.49. The maximum atomic E-state index is 14.3. The van der Waals surface area contributed by atoms with Gasteiger partial charge in [0.05, 0.1) is 29.9 Å². The van der Waals surface area contributed by atoms with Crippen molar-refractivity contribution in [3.8, 4) is 5.75 Å². The lowest BCUT2D eigenvalue weighted by molar-refractivity contribution is -0.138. The zero-order chi connectivity index (χ0) is 21.1. The molecule has 150 valence electrons. The number of benzene rings is 2. The topological polar surface area (TPSA) is 55.8 Å². The Labute approximate surface area is 173 Å². The third kappa shape index (κ3) is 3.89. The molecule has 0 fully saturated rings. The van der Waals surface area contributed by atoms with E-state index in [9.17, 15) is 14.0 Å². The molecule has 2 aromatic carbocycles. The molecule has 0 spiro atoms. The van der Waals surface area contributed by atoms with Crippen LogP contribution in [-0.4, -0.2) is 25.6 Å². The number of hydrogen-bond acceptors (Lipinski definition) is 4. The Morgan fingerprint density at radius 1 is 1.21 bits per heavy atom. The third-order valence-corrected chi connectivity index (χ3v) is 4.83. The van der Waals surface area contributed by atoms with E-state index in [-0.39, 0.29) is 28.3 Å². The molecule has 0 unspecified atom stereocenters. The summed E-state index contributed by atoms with van der Waals surface area (Å²) in [5.41, 5.74) is 1.05. The molecule has 0 radical (unpaired) electrons. The minimum Gasteiger partial charge on any atom is -0.497 e. The predicted molar refractivity (Wildman–Crippen MR) is 109 cm³/mol. The maximum absolute atomic E-state index is 14.3. The summed E-state index contributed by atoms with van der Waals surface area (Å²) in [6.45, 7) is 3.45. The van der Waals surface area contributed by atoms with E-state index in [1.54, 1.807) is 45.2 Å². The Kier molecular flexibility index (Phi) is 6.03. The van der Waals surface area contributed by atoms with Gasteiger partial charge in [0.2, 0.25) is 0 Å². The number of hydrogen-bond donors (Lipinski definition) is 0. The molecule has 0 bridgehead atoms. The SMILES string of the molecule is CCOC(=O)C1=C(C)N(c2ccc(OC)cc2)C(=O)/C1=C\c1c(F)cccc1Cl. The Morgan fingerprint density at radius 3 is 2.48 bits per heavy atom. The Morgan fingerprint density at radius 2 is 1.90 bits per heavy atom. The van der Waals surface area contributed by atoms with Crippen LogP contribution < -0.4 is 9.64 Å². The van der Waals surface area contributed by atoms with Crippen molar-refractivity contribution < 1.29 is 23.5 Å². The molecule has 1 heterocycles. The van der Waals surface area contributed by atoms with E-state index >= 15 is 0 Å². The lowest BCUT2D eigenvalue weighted by Gasteiger charge is -2.18. The molecule has 0 N–H and O–H groups in total. The van der Waals surface area contributed by atoms with E-state index in [0.29, 0.717) is 17.1 Å².